The first-order chi connectivity index (χ1) is 13.5. The van der Waals surface area contributed by atoms with Crippen molar-refractivity contribution in [3.8, 4) is 23.1 Å². The summed E-state index contributed by atoms with van der Waals surface area (Å²) < 4.78 is 17.2. The lowest BCUT2D eigenvalue weighted by atomic mass is 10.2. The second-order valence-corrected chi connectivity index (χ2v) is 8.36. The van der Waals surface area contributed by atoms with Gasteiger partial charge < -0.3 is 14.2 Å². The van der Waals surface area contributed by atoms with Crippen LogP contribution in [0.4, 0.5) is 0 Å². The van der Waals surface area contributed by atoms with E-state index in [1.165, 1.54) is 0 Å². The second-order valence-electron chi connectivity index (χ2n) is 5.61. The van der Waals surface area contributed by atoms with Crippen molar-refractivity contribution >= 4 is 50.9 Å². The Bertz CT molecular complexity index is 947. The molecule has 0 aliphatic heterocycles. The quantitative estimate of drug-likeness (QED) is 0.319. The fourth-order valence-electron chi connectivity index (χ4n) is 2.34. The molecule has 28 heavy (non-hydrogen) atoms. The van der Waals surface area contributed by atoms with Gasteiger partial charge in [0.05, 0.1) is 35.4 Å². The number of pyridine rings is 1. The zero-order valence-electron chi connectivity index (χ0n) is 15.0. The Labute approximate surface area is 186 Å². The minimum Gasteiger partial charge on any atom is -0.497 e. The number of thioether (sulfide) groups is 1. The largest absolute Gasteiger partial charge is 0.497 e. The van der Waals surface area contributed by atoms with Crippen LogP contribution in [0, 0.1) is 0 Å². The molecule has 0 bridgehead atoms. The number of rotatable bonds is 7. The first-order valence-electron chi connectivity index (χ1n) is 8.12. The van der Waals surface area contributed by atoms with E-state index in [2.05, 4.69) is 20.9 Å². The Morgan fingerprint density at radius 2 is 1.68 bits per heavy atom. The summed E-state index contributed by atoms with van der Waals surface area (Å²) >= 11 is 17.4. The number of aromatic nitrogens is 1. The van der Waals surface area contributed by atoms with Gasteiger partial charge >= 0.3 is 0 Å². The lowest BCUT2D eigenvalue weighted by Crippen LogP contribution is -1.94. The van der Waals surface area contributed by atoms with E-state index < -0.39 is 0 Å². The van der Waals surface area contributed by atoms with Crippen LogP contribution in [0.15, 0.2) is 58.0 Å². The van der Waals surface area contributed by atoms with Gasteiger partial charge in [0, 0.05) is 16.3 Å². The van der Waals surface area contributed by atoms with Crippen molar-refractivity contribution in [2.24, 2.45) is 0 Å². The molecule has 0 N–H and O–H groups in total. The number of methoxy groups -OCH3 is 2. The predicted molar refractivity (Wildman–Crippen MR) is 118 cm³/mol. The number of hydrogen-bond donors (Lipinski definition) is 0. The SMILES string of the molecule is COc1ccc(CSc2cc(Oc3c(Cl)cc(Br)cc3Cl)ncc2OC)cc1. The molecule has 2 aromatic carbocycles. The highest BCUT2D eigenvalue weighted by Gasteiger charge is 2.13. The van der Waals surface area contributed by atoms with E-state index in [1.807, 2.05) is 30.3 Å². The second kappa shape index (κ2) is 9.74. The molecule has 0 atom stereocenters. The van der Waals surface area contributed by atoms with Gasteiger partial charge in [-0.3, -0.25) is 0 Å². The topological polar surface area (TPSA) is 40.6 Å². The standard InChI is InChI=1S/C20H16BrCl2NO3S/c1-25-14-5-3-12(4-6-14)11-28-18-9-19(24-10-17(18)26-2)27-20-15(22)7-13(21)8-16(20)23/h3-10H,11H2,1-2H3. The highest BCUT2D eigenvalue weighted by molar-refractivity contribution is 9.10. The average Bonchev–Trinajstić information content (AvgIpc) is 2.69. The van der Waals surface area contributed by atoms with E-state index in [-0.39, 0.29) is 0 Å². The van der Waals surface area contributed by atoms with E-state index in [0.717, 1.165) is 26.4 Å². The van der Waals surface area contributed by atoms with Gasteiger partial charge in [0.1, 0.15) is 5.75 Å². The molecule has 3 rings (SSSR count). The monoisotopic (exact) mass is 499 g/mol. The first kappa shape index (κ1) is 21.1. The van der Waals surface area contributed by atoms with Gasteiger partial charge in [-0.15, -0.1) is 11.8 Å². The molecule has 0 saturated carbocycles. The van der Waals surface area contributed by atoms with Crippen LogP contribution in [0.25, 0.3) is 0 Å². The predicted octanol–water partition coefficient (Wildman–Crippen LogP) is 7.25. The number of halogens is 3. The molecule has 0 radical (unpaired) electrons. The van der Waals surface area contributed by atoms with Gasteiger partial charge in [-0.25, -0.2) is 4.98 Å². The first-order valence-corrected chi connectivity index (χ1v) is 10.7. The lowest BCUT2D eigenvalue weighted by Gasteiger charge is -2.12. The fraction of sp³-hybridized carbons (Fsp3) is 0.150. The number of benzene rings is 2. The Morgan fingerprint density at radius 3 is 2.29 bits per heavy atom. The lowest BCUT2D eigenvalue weighted by molar-refractivity contribution is 0.397. The summed E-state index contributed by atoms with van der Waals surface area (Å²) in [4.78, 5) is 5.18. The Morgan fingerprint density at radius 1 is 1.00 bits per heavy atom. The van der Waals surface area contributed by atoms with Crippen molar-refractivity contribution in [3.63, 3.8) is 0 Å². The van der Waals surface area contributed by atoms with Crippen LogP contribution in [0.1, 0.15) is 5.56 Å². The molecule has 1 heterocycles. The third-order valence-electron chi connectivity index (χ3n) is 3.75. The van der Waals surface area contributed by atoms with Gasteiger partial charge in [0.2, 0.25) is 5.88 Å². The summed E-state index contributed by atoms with van der Waals surface area (Å²) in [6, 6.07) is 13.2. The fourth-order valence-corrected chi connectivity index (χ4v) is 4.60. The Hall–Kier alpha value is -1.60. The molecule has 0 fully saturated rings. The Kier molecular flexibility index (Phi) is 7.35. The van der Waals surface area contributed by atoms with Gasteiger partial charge in [0.25, 0.3) is 0 Å². The molecular formula is C20H16BrCl2NO3S. The number of nitrogens with zero attached hydrogens (tertiary/aromatic N) is 1. The molecule has 3 aromatic rings. The van der Waals surface area contributed by atoms with Gasteiger partial charge in [-0.05, 0) is 29.8 Å². The van der Waals surface area contributed by atoms with Gasteiger partial charge in [-0.2, -0.15) is 0 Å². The van der Waals surface area contributed by atoms with Crippen LogP contribution in [0.3, 0.4) is 0 Å². The molecule has 0 aliphatic carbocycles. The minimum atomic E-state index is 0.357. The number of hydrogen-bond acceptors (Lipinski definition) is 5. The summed E-state index contributed by atoms with van der Waals surface area (Å²) in [6.07, 6.45) is 1.62. The van der Waals surface area contributed by atoms with Crippen LogP contribution in [0.2, 0.25) is 10.0 Å². The Balaban J connectivity index is 1.79. The molecule has 0 spiro atoms. The van der Waals surface area contributed by atoms with Crippen LogP contribution in [0.5, 0.6) is 23.1 Å². The smallest absolute Gasteiger partial charge is 0.220 e. The van der Waals surface area contributed by atoms with Crippen molar-refractivity contribution in [2.75, 3.05) is 14.2 Å². The zero-order chi connectivity index (χ0) is 20.1. The summed E-state index contributed by atoms with van der Waals surface area (Å²) in [7, 11) is 3.26. The van der Waals surface area contributed by atoms with E-state index >= 15 is 0 Å². The van der Waals surface area contributed by atoms with E-state index in [0.29, 0.717) is 27.4 Å². The van der Waals surface area contributed by atoms with Crippen LogP contribution in [-0.4, -0.2) is 19.2 Å². The average molecular weight is 501 g/mol. The molecule has 0 saturated heterocycles. The van der Waals surface area contributed by atoms with Crippen LogP contribution < -0.4 is 14.2 Å². The molecule has 0 amide bonds. The van der Waals surface area contributed by atoms with E-state index in [9.17, 15) is 0 Å². The highest BCUT2D eigenvalue weighted by atomic mass is 79.9. The van der Waals surface area contributed by atoms with Crippen molar-refractivity contribution in [1.29, 1.82) is 0 Å². The van der Waals surface area contributed by atoms with Gasteiger partial charge in [-0.1, -0.05) is 51.3 Å². The van der Waals surface area contributed by atoms with Gasteiger partial charge in [0.15, 0.2) is 11.5 Å². The summed E-state index contributed by atoms with van der Waals surface area (Å²) in [5.41, 5.74) is 1.16. The maximum atomic E-state index is 6.24. The molecule has 146 valence electrons. The molecule has 4 nitrogen and oxygen atoms in total. The minimum absolute atomic E-state index is 0.357. The third-order valence-corrected chi connectivity index (χ3v) is 5.88. The van der Waals surface area contributed by atoms with Crippen molar-refractivity contribution < 1.29 is 14.2 Å². The van der Waals surface area contributed by atoms with Crippen molar-refractivity contribution in [2.45, 2.75) is 10.6 Å². The third kappa shape index (κ3) is 5.26. The number of ether oxygens (including phenoxy) is 3. The molecule has 8 heteroatoms. The van der Waals surface area contributed by atoms with Crippen LogP contribution in [-0.2, 0) is 5.75 Å². The van der Waals surface area contributed by atoms with Crippen LogP contribution >= 0.6 is 50.9 Å². The van der Waals surface area contributed by atoms with E-state index in [4.69, 9.17) is 37.4 Å². The van der Waals surface area contributed by atoms with Crippen molar-refractivity contribution in [3.05, 3.63) is 68.7 Å². The zero-order valence-corrected chi connectivity index (χ0v) is 19.0. The van der Waals surface area contributed by atoms with E-state index in [1.54, 1.807) is 44.3 Å². The maximum absolute atomic E-state index is 6.24. The molecule has 1 aromatic heterocycles. The maximum Gasteiger partial charge on any atom is 0.220 e. The molecule has 0 unspecified atom stereocenters. The molecule has 0 aliphatic rings. The normalized spacial score (nSPS) is 10.6. The summed E-state index contributed by atoms with van der Waals surface area (Å²) in [5.74, 6) is 2.98. The van der Waals surface area contributed by atoms with Crippen molar-refractivity contribution in [1.82, 2.24) is 4.98 Å². The highest BCUT2D eigenvalue weighted by Crippen LogP contribution is 2.40. The summed E-state index contributed by atoms with van der Waals surface area (Å²) in [5, 5.41) is 0.786. The molecular weight excluding hydrogens is 485 g/mol. The summed E-state index contributed by atoms with van der Waals surface area (Å²) in [6.45, 7) is 0.